The third kappa shape index (κ3) is 4.12. The van der Waals surface area contributed by atoms with E-state index in [1.807, 2.05) is 23.7 Å². The lowest BCUT2D eigenvalue weighted by Gasteiger charge is -2.44. The molecule has 1 unspecified atom stereocenters. The Labute approximate surface area is 195 Å². The molecule has 3 aromatic rings. The summed E-state index contributed by atoms with van der Waals surface area (Å²) in [5, 5.41) is 4.55. The fourth-order valence-electron chi connectivity index (χ4n) is 4.59. The second-order valence-electron chi connectivity index (χ2n) is 9.80. The van der Waals surface area contributed by atoms with E-state index in [-0.39, 0.29) is 12.1 Å². The molecule has 0 amide bonds. The summed E-state index contributed by atoms with van der Waals surface area (Å²) in [4.78, 5) is 12.1. The van der Waals surface area contributed by atoms with E-state index in [4.69, 9.17) is 14.5 Å². The summed E-state index contributed by atoms with van der Waals surface area (Å²) >= 11 is 0. The van der Waals surface area contributed by atoms with Gasteiger partial charge in [0, 0.05) is 43.4 Å². The number of benzene rings is 1. The Hall–Kier alpha value is -2.87. The summed E-state index contributed by atoms with van der Waals surface area (Å²) in [5.74, 6) is 4.67. The molecule has 1 aromatic carbocycles. The van der Waals surface area contributed by atoms with Crippen LogP contribution in [-0.4, -0.2) is 61.1 Å². The van der Waals surface area contributed by atoms with Gasteiger partial charge in [-0.25, -0.2) is 14.6 Å². The van der Waals surface area contributed by atoms with Crippen LogP contribution >= 0.6 is 0 Å². The number of aromatic nitrogens is 5. The van der Waals surface area contributed by atoms with Gasteiger partial charge in [0.25, 0.3) is 0 Å². The molecule has 0 radical (unpaired) electrons. The number of rotatable bonds is 6. The van der Waals surface area contributed by atoms with Crippen molar-refractivity contribution in [1.29, 1.82) is 0 Å². The fraction of sp³-hybridized carbons (Fsp3) is 0.560. The summed E-state index contributed by atoms with van der Waals surface area (Å²) in [6, 6.07) is 6.91. The molecule has 0 N–H and O–H groups in total. The first-order valence-corrected chi connectivity index (χ1v) is 12.0. The highest BCUT2D eigenvalue weighted by atomic mass is 16.5. The standard InChI is InChI=1S/C25H34N6O2/c1-15(2)30-12-19(13-30)17(5)33-20-7-8-21-23(11-20)32-10-9-29-14-22(27-24(21)29)25-26-18(6)28-31(25)16(3)4/h7-8,11,14-17,19H,9-10,12-13H2,1-6H3. The Morgan fingerprint density at radius 1 is 1.03 bits per heavy atom. The van der Waals surface area contributed by atoms with E-state index in [0.29, 0.717) is 18.6 Å². The normalized spacial score (nSPS) is 17.3. The third-order valence-electron chi connectivity index (χ3n) is 6.67. The highest BCUT2D eigenvalue weighted by Gasteiger charge is 2.33. The second kappa shape index (κ2) is 8.48. The molecule has 2 aliphatic rings. The molecule has 8 nitrogen and oxygen atoms in total. The van der Waals surface area contributed by atoms with Gasteiger partial charge < -0.3 is 18.9 Å². The van der Waals surface area contributed by atoms with Crippen LogP contribution in [0, 0.1) is 12.8 Å². The van der Waals surface area contributed by atoms with E-state index >= 15 is 0 Å². The molecular weight excluding hydrogens is 416 g/mol. The van der Waals surface area contributed by atoms with Gasteiger partial charge in [0.05, 0.1) is 12.1 Å². The van der Waals surface area contributed by atoms with Crippen LogP contribution < -0.4 is 9.47 Å². The lowest BCUT2D eigenvalue weighted by molar-refractivity contribution is -0.000104. The van der Waals surface area contributed by atoms with E-state index in [2.05, 4.69) is 66.4 Å². The molecule has 0 bridgehead atoms. The van der Waals surface area contributed by atoms with Crippen LogP contribution in [0.3, 0.4) is 0 Å². The molecule has 5 rings (SSSR count). The van der Waals surface area contributed by atoms with Crippen molar-refractivity contribution in [3.05, 3.63) is 30.2 Å². The maximum absolute atomic E-state index is 6.31. The van der Waals surface area contributed by atoms with Crippen molar-refractivity contribution in [2.45, 2.75) is 66.3 Å². The monoisotopic (exact) mass is 450 g/mol. The molecule has 8 heteroatoms. The molecule has 1 atom stereocenters. The summed E-state index contributed by atoms with van der Waals surface area (Å²) in [6.45, 7) is 16.3. The van der Waals surface area contributed by atoms with Crippen molar-refractivity contribution in [3.63, 3.8) is 0 Å². The zero-order chi connectivity index (χ0) is 23.3. The van der Waals surface area contributed by atoms with Crippen LogP contribution in [0.2, 0.25) is 0 Å². The summed E-state index contributed by atoms with van der Waals surface area (Å²) in [6.07, 6.45) is 2.22. The molecule has 2 aliphatic heterocycles. The maximum atomic E-state index is 6.31. The van der Waals surface area contributed by atoms with Gasteiger partial charge in [-0.1, -0.05) is 0 Å². The van der Waals surface area contributed by atoms with Crippen LogP contribution in [-0.2, 0) is 6.54 Å². The molecule has 0 spiro atoms. The summed E-state index contributed by atoms with van der Waals surface area (Å²) in [5.41, 5.74) is 1.81. The Morgan fingerprint density at radius 2 is 1.82 bits per heavy atom. The average Bonchev–Trinajstić information content (AvgIpc) is 3.26. The number of hydrogen-bond acceptors (Lipinski definition) is 6. The predicted molar refractivity (Wildman–Crippen MR) is 128 cm³/mol. The number of fused-ring (bicyclic) bond motifs is 3. The van der Waals surface area contributed by atoms with Gasteiger partial charge in [-0.2, -0.15) is 5.10 Å². The number of likely N-dealkylation sites (tertiary alicyclic amines) is 1. The minimum atomic E-state index is 0.169. The van der Waals surface area contributed by atoms with Crippen LogP contribution in [0.1, 0.15) is 46.5 Å². The van der Waals surface area contributed by atoms with E-state index in [9.17, 15) is 0 Å². The Morgan fingerprint density at radius 3 is 2.55 bits per heavy atom. The van der Waals surface area contributed by atoms with Crippen LogP contribution in [0.5, 0.6) is 11.5 Å². The molecule has 4 heterocycles. The molecule has 2 aromatic heterocycles. The smallest absolute Gasteiger partial charge is 0.178 e. The van der Waals surface area contributed by atoms with Gasteiger partial charge in [-0.05, 0) is 53.7 Å². The quantitative estimate of drug-likeness (QED) is 0.561. The van der Waals surface area contributed by atoms with Gasteiger partial charge >= 0.3 is 0 Å². The topological polar surface area (TPSA) is 70.2 Å². The van der Waals surface area contributed by atoms with Gasteiger partial charge in [0.15, 0.2) is 5.82 Å². The summed E-state index contributed by atoms with van der Waals surface area (Å²) < 4.78 is 16.5. The Balaban J connectivity index is 1.39. The molecule has 33 heavy (non-hydrogen) atoms. The lowest BCUT2D eigenvalue weighted by atomic mass is 9.93. The first-order valence-electron chi connectivity index (χ1n) is 12.0. The highest BCUT2D eigenvalue weighted by Crippen LogP contribution is 2.37. The number of nitrogens with zero attached hydrogens (tertiary/aromatic N) is 6. The third-order valence-corrected chi connectivity index (χ3v) is 6.67. The number of aryl methyl sites for hydroxylation is 1. The summed E-state index contributed by atoms with van der Waals surface area (Å²) in [7, 11) is 0. The second-order valence-corrected chi connectivity index (χ2v) is 9.80. The predicted octanol–water partition coefficient (Wildman–Crippen LogP) is 4.20. The lowest BCUT2D eigenvalue weighted by Crippen LogP contribution is -2.54. The average molecular weight is 451 g/mol. The van der Waals surface area contributed by atoms with E-state index < -0.39 is 0 Å². The van der Waals surface area contributed by atoms with Gasteiger partial charge in [-0.3, -0.25) is 0 Å². The van der Waals surface area contributed by atoms with Gasteiger partial charge in [-0.15, -0.1) is 0 Å². The minimum Gasteiger partial charge on any atom is -0.491 e. The van der Waals surface area contributed by atoms with Crippen molar-refractivity contribution < 1.29 is 9.47 Å². The zero-order valence-corrected chi connectivity index (χ0v) is 20.4. The first-order chi connectivity index (χ1) is 15.8. The molecule has 0 saturated carbocycles. The zero-order valence-electron chi connectivity index (χ0n) is 20.4. The van der Waals surface area contributed by atoms with Crippen molar-refractivity contribution in [1.82, 2.24) is 29.2 Å². The van der Waals surface area contributed by atoms with Gasteiger partial charge in [0.1, 0.15) is 41.6 Å². The molecular formula is C25H34N6O2. The maximum Gasteiger partial charge on any atom is 0.178 e. The van der Waals surface area contributed by atoms with E-state index in [1.165, 1.54) is 0 Å². The van der Waals surface area contributed by atoms with Crippen molar-refractivity contribution in [3.8, 4) is 34.4 Å². The van der Waals surface area contributed by atoms with E-state index in [0.717, 1.165) is 59.9 Å². The molecule has 176 valence electrons. The molecule has 0 aliphatic carbocycles. The number of imidazole rings is 1. The number of hydrogen-bond donors (Lipinski definition) is 0. The van der Waals surface area contributed by atoms with Crippen molar-refractivity contribution >= 4 is 0 Å². The Kier molecular flexibility index (Phi) is 5.64. The van der Waals surface area contributed by atoms with Crippen molar-refractivity contribution in [2.24, 2.45) is 5.92 Å². The Bertz CT molecular complexity index is 1140. The fourth-order valence-corrected chi connectivity index (χ4v) is 4.59. The van der Waals surface area contributed by atoms with Crippen LogP contribution in [0.4, 0.5) is 0 Å². The highest BCUT2D eigenvalue weighted by molar-refractivity contribution is 5.69. The van der Waals surface area contributed by atoms with E-state index in [1.54, 1.807) is 0 Å². The SMILES string of the molecule is Cc1nc(-c2cn3c(n2)-c2ccc(OC(C)C4CN(C(C)C)C4)cc2OCC3)n(C(C)C)n1. The molecule has 1 saturated heterocycles. The minimum absolute atomic E-state index is 0.169. The van der Waals surface area contributed by atoms with Crippen molar-refractivity contribution in [2.75, 3.05) is 19.7 Å². The van der Waals surface area contributed by atoms with Crippen LogP contribution in [0.25, 0.3) is 22.9 Å². The molecule has 1 fully saturated rings. The van der Waals surface area contributed by atoms with Gasteiger partial charge in [0.2, 0.25) is 0 Å². The first kappa shape index (κ1) is 21.9. The largest absolute Gasteiger partial charge is 0.491 e. The number of ether oxygens (including phenoxy) is 2. The van der Waals surface area contributed by atoms with Crippen LogP contribution in [0.15, 0.2) is 24.4 Å².